The molecule has 0 spiro atoms. The molecule has 3 atom stereocenters. The number of amides is 1. The molecule has 7 nitrogen and oxygen atoms in total. The van der Waals surface area contributed by atoms with E-state index in [1.165, 1.54) is 0 Å². The fraction of sp³-hybridized carbons (Fsp3) is 0.733. The fourth-order valence-corrected chi connectivity index (χ4v) is 4.09. The number of likely N-dealkylation sites (tertiary alicyclic amines) is 1. The number of H-pyrrole nitrogens is 1. The Bertz CT molecular complexity index is 510. The maximum absolute atomic E-state index is 12.8. The van der Waals surface area contributed by atoms with Gasteiger partial charge in [0.05, 0.1) is 0 Å². The molecule has 2 aliphatic heterocycles. The van der Waals surface area contributed by atoms with Gasteiger partial charge in [-0.15, -0.1) is 0 Å². The smallest absolute Gasteiger partial charge is 0.225 e. The van der Waals surface area contributed by atoms with Crippen LogP contribution in [0.15, 0.2) is 12.4 Å². The predicted octanol–water partition coefficient (Wildman–Crippen LogP) is 0.265. The Hall–Kier alpha value is -1.44. The standard InChI is InChI=1S/C15H24N6O/c22-15(11-1-2-12-13(9-11)19-20-18-12)21-7-3-10(4-8-21)14-16-5-6-17-14/h5-6,10-13,18-20H,1-4,7-9H2,(H,16,17). The minimum absolute atomic E-state index is 0.176. The van der Waals surface area contributed by atoms with Crippen molar-refractivity contribution in [1.82, 2.24) is 31.3 Å². The van der Waals surface area contributed by atoms with Crippen molar-refractivity contribution in [2.24, 2.45) is 5.92 Å². The van der Waals surface area contributed by atoms with Crippen molar-refractivity contribution in [2.45, 2.75) is 50.1 Å². The van der Waals surface area contributed by atoms with Crippen LogP contribution in [0.2, 0.25) is 0 Å². The SMILES string of the molecule is O=C(C1CCC2NNNC2C1)N1CCC(c2ncc[nH]2)CC1. The Balaban J connectivity index is 1.32. The fourth-order valence-electron chi connectivity index (χ4n) is 4.09. The molecular formula is C15H24N6O. The lowest BCUT2D eigenvalue weighted by molar-refractivity contribution is -0.138. The summed E-state index contributed by atoms with van der Waals surface area (Å²) in [4.78, 5) is 22.4. The van der Waals surface area contributed by atoms with Crippen LogP contribution in [-0.2, 0) is 4.79 Å². The first-order chi connectivity index (χ1) is 10.8. The number of aromatic amines is 1. The summed E-state index contributed by atoms with van der Waals surface area (Å²) in [7, 11) is 0. The van der Waals surface area contributed by atoms with Crippen LogP contribution in [0.25, 0.3) is 0 Å². The van der Waals surface area contributed by atoms with Crippen LogP contribution >= 0.6 is 0 Å². The van der Waals surface area contributed by atoms with Gasteiger partial charge in [0.15, 0.2) is 0 Å². The van der Waals surface area contributed by atoms with Crippen molar-refractivity contribution in [2.75, 3.05) is 13.1 Å². The first-order valence-electron chi connectivity index (χ1n) is 8.35. The van der Waals surface area contributed by atoms with E-state index in [0.29, 0.717) is 23.9 Å². The van der Waals surface area contributed by atoms with Gasteiger partial charge in [-0.3, -0.25) is 4.79 Å². The van der Waals surface area contributed by atoms with Crippen LogP contribution in [-0.4, -0.2) is 45.9 Å². The summed E-state index contributed by atoms with van der Waals surface area (Å²) in [6, 6.07) is 0.845. The summed E-state index contributed by atoms with van der Waals surface area (Å²) in [6.07, 6.45) is 8.70. The first kappa shape index (κ1) is 14.2. The third-order valence-electron chi connectivity index (χ3n) is 5.43. The molecule has 0 radical (unpaired) electrons. The van der Waals surface area contributed by atoms with E-state index in [1.807, 2.05) is 12.4 Å². The van der Waals surface area contributed by atoms with Gasteiger partial charge >= 0.3 is 0 Å². The maximum Gasteiger partial charge on any atom is 0.225 e. The molecule has 120 valence electrons. The molecule has 22 heavy (non-hydrogen) atoms. The molecule has 3 fully saturated rings. The lowest BCUT2D eigenvalue weighted by atomic mass is 9.82. The normalized spacial score (nSPS) is 32.9. The van der Waals surface area contributed by atoms with Crippen LogP contribution in [0.4, 0.5) is 0 Å². The molecule has 1 aliphatic carbocycles. The predicted molar refractivity (Wildman–Crippen MR) is 81.5 cm³/mol. The molecule has 1 saturated carbocycles. The van der Waals surface area contributed by atoms with E-state index in [2.05, 4.69) is 31.3 Å². The second-order valence-electron chi connectivity index (χ2n) is 6.71. The van der Waals surface area contributed by atoms with E-state index in [1.54, 1.807) is 0 Å². The van der Waals surface area contributed by atoms with Gasteiger partial charge in [-0.1, -0.05) is 0 Å². The molecule has 1 aromatic heterocycles. The zero-order valence-electron chi connectivity index (χ0n) is 12.7. The minimum Gasteiger partial charge on any atom is -0.348 e. The molecule has 4 N–H and O–H groups in total. The number of hydrazine groups is 2. The summed E-state index contributed by atoms with van der Waals surface area (Å²) in [6.45, 7) is 1.72. The number of aromatic nitrogens is 2. The topological polar surface area (TPSA) is 85.1 Å². The van der Waals surface area contributed by atoms with Gasteiger partial charge in [0.1, 0.15) is 5.82 Å². The third-order valence-corrected chi connectivity index (χ3v) is 5.43. The molecule has 3 heterocycles. The maximum atomic E-state index is 12.8. The molecule has 1 amide bonds. The van der Waals surface area contributed by atoms with Gasteiger partial charge in [0, 0.05) is 49.4 Å². The van der Waals surface area contributed by atoms with Crippen molar-refractivity contribution in [1.29, 1.82) is 0 Å². The Morgan fingerprint density at radius 3 is 2.73 bits per heavy atom. The Labute approximate surface area is 130 Å². The van der Waals surface area contributed by atoms with Crippen molar-refractivity contribution >= 4 is 5.91 Å². The molecule has 3 unspecified atom stereocenters. The number of carbonyl (C=O) groups is 1. The molecule has 1 aromatic rings. The average Bonchev–Trinajstić information content (AvgIpc) is 3.25. The number of nitrogens with one attached hydrogen (secondary N) is 4. The molecule has 0 aromatic carbocycles. The van der Waals surface area contributed by atoms with Crippen molar-refractivity contribution < 1.29 is 4.79 Å². The van der Waals surface area contributed by atoms with E-state index < -0.39 is 0 Å². The average molecular weight is 304 g/mol. The molecule has 4 rings (SSSR count). The van der Waals surface area contributed by atoms with E-state index in [0.717, 1.165) is 51.0 Å². The third kappa shape index (κ3) is 2.64. The monoisotopic (exact) mass is 304 g/mol. The number of rotatable bonds is 2. The first-order valence-corrected chi connectivity index (χ1v) is 8.35. The van der Waals surface area contributed by atoms with Gasteiger partial charge in [-0.05, 0) is 32.1 Å². The summed E-state index contributed by atoms with van der Waals surface area (Å²) >= 11 is 0. The minimum atomic E-state index is 0.176. The van der Waals surface area contributed by atoms with E-state index in [9.17, 15) is 4.79 Å². The molecule has 2 saturated heterocycles. The highest BCUT2D eigenvalue weighted by molar-refractivity contribution is 5.79. The van der Waals surface area contributed by atoms with Crippen LogP contribution < -0.4 is 16.4 Å². The van der Waals surface area contributed by atoms with Crippen molar-refractivity contribution in [3.8, 4) is 0 Å². The molecule has 0 bridgehead atoms. The highest BCUT2D eigenvalue weighted by Gasteiger charge is 2.38. The Morgan fingerprint density at radius 2 is 1.95 bits per heavy atom. The van der Waals surface area contributed by atoms with Crippen LogP contribution in [0, 0.1) is 5.92 Å². The Morgan fingerprint density at radius 1 is 1.14 bits per heavy atom. The number of hydrogen-bond donors (Lipinski definition) is 4. The number of carbonyl (C=O) groups excluding carboxylic acids is 1. The summed E-state index contributed by atoms with van der Waals surface area (Å²) in [5.74, 6) is 2.07. The van der Waals surface area contributed by atoms with Crippen molar-refractivity contribution in [3.63, 3.8) is 0 Å². The quantitative estimate of drug-likeness (QED) is 0.630. The van der Waals surface area contributed by atoms with E-state index in [4.69, 9.17) is 0 Å². The second kappa shape index (κ2) is 5.98. The van der Waals surface area contributed by atoms with Gasteiger partial charge in [-0.2, -0.15) is 5.53 Å². The number of nitrogens with zero attached hydrogens (tertiary/aromatic N) is 2. The number of imidazole rings is 1. The molecular weight excluding hydrogens is 280 g/mol. The molecule has 3 aliphatic rings. The lowest BCUT2D eigenvalue weighted by Gasteiger charge is -2.36. The highest BCUT2D eigenvalue weighted by atomic mass is 16.2. The van der Waals surface area contributed by atoms with Crippen molar-refractivity contribution in [3.05, 3.63) is 18.2 Å². The largest absolute Gasteiger partial charge is 0.348 e. The summed E-state index contributed by atoms with van der Waals surface area (Å²) in [5.41, 5.74) is 9.44. The summed E-state index contributed by atoms with van der Waals surface area (Å²) in [5, 5.41) is 0. The number of fused-ring (bicyclic) bond motifs is 1. The highest BCUT2D eigenvalue weighted by Crippen LogP contribution is 2.30. The van der Waals surface area contributed by atoms with Gasteiger partial charge in [-0.25, -0.2) is 15.8 Å². The Kier molecular flexibility index (Phi) is 3.85. The van der Waals surface area contributed by atoms with Gasteiger partial charge in [0.2, 0.25) is 5.91 Å². The van der Waals surface area contributed by atoms with Crippen LogP contribution in [0.5, 0.6) is 0 Å². The molecule has 7 heteroatoms. The summed E-state index contributed by atoms with van der Waals surface area (Å²) < 4.78 is 0. The van der Waals surface area contributed by atoms with Gasteiger partial charge < -0.3 is 9.88 Å². The van der Waals surface area contributed by atoms with E-state index >= 15 is 0 Å². The zero-order chi connectivity index (χ0) is 14.9. The second-order valence-corrected chi connectivity index (χ2v) is 6.71. The van der Waals surface area contributed by atoms with Crippen LogP contribution in [0.3, 0.4) is 0 Å². The van der Waals surface area contributed by atoms with E-state index in [-0.39, 0.29) is 5.92 Å². The lowest BCUT2D eigenvalue weighted by Crippen LogP contribution is -2.47. The number of piperidine rings is 1. The van der Waals surface area contributed by atoms with Gasteiger partial charge in [0.25, 0.3) is 0 Å². The number of hydrogen-bond acceptors (Lipinski definition) is 5. The van der Waals surface area contributed by atoms with Crippen LogP contribution in [0.1, 0.15) is 43.8 Å². The zero-order valence-corrected chi connectivity index (χ0v) is 12.7.